The Morgan fingerprint density at radius 2 is 1.90 bits per heavy atom. The lowest BCUT2D eigenvalue weighted by molar-refractivity contribution is 0.323. The fraction of sp³-hybridized carbons (Fsp3) is 0.231. The molecule has 0 radical (unpaired) electrons. The van der Waals surface area contributed by atoms with Crippen molar-refractivity contribution in [2.45, 2.75) is 11.1 Å². The van der Waals surface area contributed by atoms with Gasteiger partial charge in [0, 0.05) is 6.54 Å². The summed E-state index contributed by atoms with van der Waals surface area (Å²) in [5.74, 6) is 0.717. The maximum Gasteiger partial charge on any atom is 0.250 e. The number of nitrogens with one attached hydrogen (secondary N) is 1. The van der Waals surface area contributed by atoms with Gasteiger partial charge in [-0.25, -0.2) is 13.1 Å². The van der Waals surface area contributed by atoms with E-state index in [1.807, 2.05) is 31.2 Å². The van der Waals surface area contributed by atoms with Gasteiger partial charge in [0.15, 0.2) is 0 Å². The molecule has 0 bridgehead atoms. The maximum absolute atomic E-state index is 11.9. The second-order valence-corrected chi connectivity index (χ2v) is 7.83. The number of aryl methyl sites for hydroxylation is 1. The Morgan fingerprint density at radius 3 is 2.50 bits per heavy atom. The standard InChI is InChI=1S/C13H14ClNO3S2/c1-10-2-4-11(5-3-10)18-9-8-15-20(16,17)13-7-6-12(14)19-13/h2-7,15H,8-9H2,1H3. The minimum Gasteiger partial charge on any atom is -0.492 e. The topological polar surface area (TPSA) is 55.4 Å². The fourth-order valence-electron chi connectivity index (χ4n) is 1.49. The Morgan fingerprint density at radius 1 is 1.20 bits per heavy atom. The Bertz CT molecular complexity index is 665. The molecule has 0 unspecified atom stereocenters. The zero-order valence-corrected chi connectivity index (χ0v) is 13.2. The average molecular weight is 332 g/mol. The number of hydrogen-bond acceptors (Lipinski definition) is 4. The quantitative estimate of drug-likeness (QED) is 0.828. The van der Waals surface area contributed by atoms with E-state index < -0.39 is 10.0 Å². The van der Waals surface area contributed by atoms with Crippen LogP contribution in [0.2, 0.25) is 4.34 Å². The molecule has 7 heteroatoms. The van der Waals surface area contributed by atoms with E-state index in [4.69, 9.17) is 16.3 Å². The third-order valence-corrected chi connectivity index (χ3v) is 5.68. The van der Waals surface area contributed by atoms with Crippen LogP contribution in [0.1, 0.15) is 5.56 Å². The Balaban J connectivity index is 1.82. The van der Waals surface area contributed by atoms with E-state index in [9.17, 15) is 8.42 Å². The number of benzene rings is 1. The number of thiophene rings is 1. The summed E-state index contributed by atoms with van der Waals surface area (Å²) in [6.45, 7) is 2.46. The molecule has 0 saturated carbocycles. The summed E-state index contributed by atoms with van der Waals surface area (Å²) in [5.41, 5.74) is 1.15. The Labute approximate surface area is 127 Å². The first-order chi connectivity index (χ1) is 9.47. The zero-order valence-electron chi connectivity index (χ0n) is 10.8. The summed E-state index contributed by atoms with van der Waals surface area (Å²) in [6, 6.07) is 10.6. The van der Waals surface area contributed by atoms with Crippen molar-refractivity contribution in [3.05, 3.63) is 46.3 Å². The van der Waals surface area contributed by atoms with E-state index in [0.717, 1.165) is 16.9 Å². The highest BCUT2D eigenvalue weighted by atomic mass is 35.5. The predicted molar refractivity (Wildman–Crippen MR) is 81.2 cm³/mol. The lowest BCUT2D eigenvalue weighted by atomic mass is 10.2. The highest BCUT2D eigenvalue weighted by Gasteiger charge is 2.15. The smallest absolute Gasteiger partial charge is 0.250 e. The molecule has 20 heavy (non-hydrogen) atoms. The molecule has 2 rings (SSSR count). The van der Waals surface area contributed by atoms with Crippen molar-refractivity contribution in [1.29, 1.82) is 0 Å². The van der Waals surface area contributed by atoms with Crippen LogP contribution in [-0.2, 0) is 10.0 Å². The normalized spacial score (nSPS) is 11.5. The van der Waals surface area contributed by atoms with Crippen molar-refractivity contribution < 1.29 is 13.2 Å². The van der Waals surface area contributed by atoms with Gasteiger partial charge in [0.25, 0.3) is 0 Å². The third kappa shape index (κ3) is 4.21. The van der Waals surface area contributed by atoms with E-state index in [-0.39, 0.29) is 17.4 Å². The number of halogens is 1. The van der Waals surface area contributed by atoms with Crippen LogP contribution in [0, 0.1) is 6.92 Å². The molecular formula is C13H14ClNO3S2. The van der Waals surface area contributed by atoms with Crippen LogP contribution in [0.25, 0.3) is 0 Å². The molecule has 1 N–H and O–H groups in total. The molecule has 0 atom stereocenters. The van der Waals surface area contributed by atoms with Gasteiger partial charge in [0.05, 0.1) is 4.34 Å². The van der Waals surface area contributed by atoms with Gasteiger partial charge >= 0.3 is 0 Å². The molecule has 0 amide bonds. The molecule has 0 spiro atoms. The first kappa shape index (κ1) is 15.3. The largest absolute Gasteiger partial charge is 0.492 e. The van der Waals surface area contributed by atoms with Crippen LogP contribution in [-0.4, -0.2) is 21.6 Å². The molecule has 0 aliphatic carbocycles. The predicted octanol–water partition coefficient (Wildman–Crippen LogP) is 3.07. The summed E-state index contributed by atoms with van der Waals surface area (Å²) in [6.07, 6.45) is 0. The van der Waals surface area contributed by atoms with Gasteiger partial charge in [-0.05, 0) is 31.2 Å². The average Bonchev–Trinajstić information content (AvgIpc) is 2.84. The van der Waals surface area contributed by atoms with Crippen LogP contribution in [0.5, 0.6) is 5.75 Å². The van der Waals surface area contributed by atoms with E-state index in [1.165, 1.54) is 6.07 Å². The second kappa shape index (κ2) is 6.58. The molecule has 0 aliphatic heterocycles. The first-order valence-electron chi connectivity index (χ1n) is 5.92. The molecule has 0 aliphatic rings. The highest BCUT2D eigenvalue weighted by molar-refractivity contribution is 7.91. The Hall–Kier alpha value is -1.08. The van der Waals surface area contributed by atoms with Crippen LogP contribution in [0.15, 0.2) is 40.6 Å². The van der Waals surface area contributed by atoms with Gasteiger partial charge in [0.1, 0.15) is 16.6 Å². The molecule has 1 aromatic heterocycles. The lowest BCUT2D eigenvalue weighted by Gasteiger charge is -2.07. The highest BCUT2D eigenvalue weighted by Crippen LogP contribution is 2.25. The van der Waals surface area contributed by atoms with Crippen LogP contribution in [0.3, 0.4) is 0 Å². The second-order valence-electron chi connectivity index (χ2n) is 4.12. The summed E-state index contributed by atoms with van der Waals surface area (Å²) >= 11 is 6.75. The SMILES string of the molecule is Cc1ccc(OCCNS(=O)(=O)c2ccc(Cl)s2)cc1. The van der Waals surface area contributed by atoms with Crippen molar-refractivity contribution in [1.82, 2.24) is 4.72 Å². The fourth-order valence-corrected chi connectivity index (χ4v) is 4.03. The van der Waals surface area contributed by atoms with E-state index in [1.54, 1.807) is 6.07 Å². The number of ether oxygens (including phenoxy) is 1. The van der Waals surface area contributed by atoms with Gasteiger partial charge in [-0.2, -0.15) is 0 Å². The zero-order chi connectivity index (χ0) is 14.6. The van der Waals surface area contributed by atoms with E-state index in [2.05, 4.69) is 4.72 Å². The van der Waals surface area contributed by atoms with E-state index >= 15 is 0 Å². The van der Waals surface area contributed by atoms with Gasteiger partial charge in [0.2, 0.25) is 10.0 Å². The maximum atomic E-state index is 11.9. The van der Waals surface area contributed by atoms with Gasteiger partial charge in [-0.3, -0.25) is 0 Å². The first-order valence-corrected chi connectivity index (χ1v) is 8.59. The molecular weight excluding hydrogens is 318 g/mol. The van der Waals surface area contributed by atoms with Crippen LogP contribution >= 0.6 is 22.9 Å². The molecule has 1 aromatic carbocycles. The number of hydrogen-bond donors (Lipinski definition) is 1. The summed E-state index contributed by atoms with van der Waals surface area (Å²) < 4.78 is 32.3. The van der Waals surface area contributed by atoms with Crippen molar-refractivity contribution in [3.63, 3.8) is 0 Å². The molecule has 1 heterocycles. The monoisotopic (exact) mass is 331 g/mol. The summed E-state index contributed by atoms with van der Waals surface area (Å²) in [7, 11) is -3.50. The van der Waals surface area contributed by atoms with Gasteiger partial charge in [-0.1, -0.05) is 29.3 Å². The minimum atomic E-state index is -3.50. The van der Waals surface area contributed by atoms with E-state index in [0.29, 0.717) is 10.1 Å². The third-order valence-electron chi connectivity index (χ3n) is 2.50. The van der Waals surface area contributed by atoms with Crippen molar-refractivity contribution >= 4 is 33.0 Å². The van der Waals surface area contributed by atoms with Crippen LogP contribution in [0.4, 0.5) is 0 Å². The Kier molecular flexibility index (Phi) is 5.04. The molecule has 108 valence electrons. The van der Waals surface area contributed by atoms with Crippen molar-refractivity contribution in [2.24, 2.45) is 0 Å². The van der Waals surface area contributed by atoms with Crippen molar-refractivity contribution in [3.8, 4) is 5.75 Å². The minimum absolute atomic E-state index is 0.200. The molecule has 4 nitrogen and oxygen atoms in total. The van der Waals surface area contributed by atoms with Gasteiger partial charge < -0.3 is 4.74 Å². The lowest BCUT2D eigenvalue weighted by Crippen LogP contribution is -2.27. The summed E-state index contributed by atoms with van der Waals surface area (Å²) in [4.78, 5) is 0. The van der Waals surface area contributed by atoms with Crippen molar-refractivity contribution in [2.75, 3.05) is 13.2 Å². The molecule has 0 fully saturated rings. The number of sulfonamides is 1. The number of rotatable bonds is 6. The molecule has 2 aromatic rings. The van der Waals surface area contributed by atoms with Crippen LogP contribution < -0.4 is 9.46 Å². The van der Waals surface area contributed by atoms with Gasteiger partial charge in [-0.15, -0.1) is 11.3 Å². The summed E-state index contributed by atoms with van der Waals surface area (Å²) in [5, 5.41) is 0. The molecule has 0 saturated heterocycles.